The van der Waals surface area contributed by atoms with Gasteiger partial charge < -0.3 is 14.5 Å². The molecule has 0 atom stereocenters. The lowest BCUT2D eigenvalue weighted by molar-refractivity contribution is 0.108. The lowest BCUT2D eigenvalue weighted by atomic mass is 10.1. The molecule has 1 saturated heterocycles. The standard InChI is InChI=1S/C22H25N3O2S2/c1-26-21-5-3-2-4-20(21)25-10-8-24(9-11-25)12-13-27-23-22(18-6-14-28-16-18)19-7-15-29-17-19/h2-7,14-17H,8-13H2,1H3. The summed E-state index contributed by atoms with van der Waals surface area (Å²) in [6.07, 6.45) is 0. The number of thiophene rings is 2. The van der Waals surface area contributed by atoms with Gasteiger partial charge in [-0.3, -0.25) is 4.90 Å². The predicted octanol–water partition coefficient (Wildman–Crippen LogP) is 4.41. The lowest BCUT2D eigenvalue weighted by Crippen LogP contribution is -2.47. The number of hydrogen-bond acceptors (Lipinski definition) is 7. The van der Waals surface area contributed by atoms with Crippen LogP contribution >= 0.6 is 22.7 Å². The zero-order chi connectivity index (χ0) is 19.9. The number of para-hydroxylation sites is 2. The highest BCUT2D eigenvalue weighted by atomic mass is 32.1. The van der Waals surface area contributed by atoms with Gasteiger partial charge in [-0.25, -0.2) is 0 Å². The third kappa shape index (κ3) is 4.98. The van der Waals surface area contributed by atoms with E-state index in [0.717, 1.165) is 55.3 Å². The number of anilines is 1. The number of oxime groups is 1. The summed E-state index contributed by atoms with van der Waals surface area (Å²) in [4.78, 5) is 10.5. The predicted molar refractivity (Wildman–Crippen MR) is 122 cm³/mol. The van der Waals surface area contributed by atoms with E-state index in [2.05, 4.69) is 60.7 Å². The maximum absolute atomic E-state index is 5.72. The molecule has 1 aliphatic heterocycles. The van der Waals surface area contributed by atoms with Crippen LogP contribution in [0.1, 0.15) is 11.1 Å². The van der Waals surface area contributed by atoms with Gasteiger partial charge in [-0.15, -0.1) is 0 Å². The van der Waals surface area contributed by atoms with Crippen LogP contribution in [0.2, 0.25) is 0 Å². The molecule has 1 aromatic carbocycles. The topological polar surface area (TPSA) is 37.3 Å². The summed E-state index contributed by atoms with van der Waals surface area (Å²) >= 11 is 3.35. The number of methoxy groups -OCH3 is 1. The van der Waals surface area contributed by atoms with Gasteiger partial charge in [-0.1, -0.05) is 17.3 Å². The molecule has 4 rings (SSSR count). The van der Waals surface area contributed by atoms with Crippen LogP contribution in [-0.4, -0.2) is 57.1 Å². The zero-order valence-corrected chi connectivity index (χ0v) is 18.1. The fourth-order valence-corrected chi connectivity index (χ4v) is 4.74. The van der Waals surface area contributed by atoms with Crippen molar-refractivity contribution in [1.29, 1.82) is 0 Å². The first-order valence-corrected chi connectivity index (χ1v) is 11.6. The van der Waals surface area contributed by atoms with Crippen LogP contribution in [0.25, 0.3) is 0 Å². The Morgan fingerprint density at radius 1 is 0.966 bits per heavy atom. The third-order valence-corrected chi connectivity index (χ3v) is 6.41. The van der Waals surface area contributed by atoms with Crippen molar-refractivity contribution in [3.63, 3.8) is 0 Å². The van der Waals surface area contributed by atoms with Crippen LogP contribution in [-0.2, 0) is 4.84 Å². The van der Waals surface area contributed by atoms with Crippen LogP contribution in [0.4, 0.5) is 5.69 Å². The maximum atomic E-state index is 5.72. The second kappa shape index (κ2) is 9.91. The van der Waals surface area contributed by atoms with E-state index in [1.54, 1.807) is 29.8 Å². The van der Waals surface area contributed by atoms with Crippen molar-refractivity contribution in [2.75, 3.05) is 51.3 Å². The highest BCUT2D eigenvalue weighted by Crippen LogP contribution is 2.28. The van der Waals surface area contributed by atoms with Gasteiger partial charge in [0, 0.05) is 54.6 Å². The van der Waals surface area contributed by atoms with E-state index >= 15 is 0 Å². The van der Waals surface area contributed by atoms with E-state index in [0.29, 0.717) is 6.61 Å². The molecule has 152 valence electrons. The summed E-state index contributed by atoms with van der Waals surface area (Å²) in [6, 6.07) is 12.4. The maximum Gasteiger partial charge on any atom is 0.142 e. The average molecular weight is 428 g/mol. The molecule has 0 amide bonds. The van der Waals surface area contributed by atoms with Crippen LogP contribution in [0.5, 0.6) is 5.75 Å². The van der Waals surface area contributed by atoms with Crippen LogP contribution in [0, 0.1) is 0 Å². The Kier molecular flexibility index (Phi) is 6.82. The summed E-state index contributed by atoms with van der Waals surface area (Å²) in [5.74, 6) is 0.938. The number of hydrogen-bond donors (Lipinski definition) is 0. The summed E-state index contributed by atoms with van der Waals surface area (Å²) in [5.41, 5.74) is 4.30. The zero-order valence-electron chi connectivity index (χ0n) is 16.5. The van der Waals surface area contributed by atoms with E-state index in [9.17, 15) is 0 Å². The largest absolute Gasteiger partial charge is 0.495 e. The van der Waals surface area contributed by atoms with Crippen molar-refractivity contribution in [1.82, 2.24) is 4.90 Å². The molecular weight excluding hydrogens is 402 g/mol. The molecule has 1 fully saturated rings. The van der Waals surface area contributed by atoms with E-state index in [1.165, 1.54) is 5.69 Å². The van der Waals surface area contributed by atoms with Gasteiger partial charge in [0.15, 0.2) is 0 Å². The number of benzene rings is 1. The Morgan fingerprint density at radius 3 is 2.28 bits per heavy atom. The minimum absolute atomic E-state index is 0.590. The fourth-order valence-electron chi connectivity index (χ4n) is 3.45. The molecule has 0 saturated carbocycles. The Hall–Kier alpha value is -2.35. The SMILES string of the molecule is COc1ccccc1N1CCN(CCON=C(c2ccsc2)c2ccsc2)CC1. The van der Waals surface area contributed by atoms with Crippen molar-refractivity contribution in [3.05, 3.63) is 69.0 Å². The summed E-state index contributed by atoms with van der Waals surface area (Å²) < 4.78 is 5.50. The molecule has 2 aromatic heterocycles. The molecule has 1 aliphatic rings. The third-order valence-electron chi connectivity index (χ3n) is 5.04. The number of nitrogens with zero attached hydrogens (tertiary/aromatic N) is 3. The highest BCUT2D eigenvalue weighted by Gasteiger charge is 2.19. The van der Waals surface area contributed by atoms with E-state index < -0.39 is 0 Å². The molecule has 0 radical (unpaired) electrons. The Morgan fingerprint density at radius 2 is 1.66 bits per heavy atom. The smallest absolute Gasteiger partial charge is 0.142 e. The molecule has 29 heavy (non-hydrogen) atoms. The molecule has 7 heteroatoms. The van der Waals surface area contributed by atoms with Crippen molar-refractivity contribution >= 4 is 34.1 Å². The van der Waals surface area contributed by atoms with Gasteiger partial charge in [0.25, 0.3) is 0 Å². The quantitative estimate of drug-likeness (QED) is 0.303. The van der Waals surface area contributed by atoms with Crippen LogP contribution < -0.4 is 9.64 Å². The van der Waals surface area contributed by atoms with Gasteiger partial charge in [-0.05, 0) is 35.0 Å². The first-order valence-electron chi connectivity index (χ1n) is 9.70. The van der Waals surface area contributed by atoms with Crippen molar-refractivity contribution < 1.29 is 9.57 Å². The molecular formula is C22H25N3O2S2. The molecule has 0 bridgehead atoms. The Bertz CT molecular complexity index is 866. The normalized spacial score (nSPS) is 14.6. The Balaban J connectivity index is 1.28. The lowest BCUT2D eigenvalue weighted by Gasteiger charge is -2.36. The van der Waals surface area contributed by atoms with Crippen molar-refractivity contribution in [2.45, 2.75) is 0 Å². The van der Waals surface area contributed by atoms with E-state index in [1.807, 2.05) is 12.1 Å². The number of rotatable bonds is 8. The van der Waals surface area contributed by atoms with Crippen molar-refractivity contribution in [2.24, 2.45) is 5.16 Å². The first-order chi connectivity index (χ1) is 14.3. The van der Waals surface area contributed by atoms with Crippen LogP contribution in [0.15, 0.2) is 63.1 Å². The monoisotopic (exact) mass is 427 g/mol. The molecule has 0 unspecified atom stereocenters. The minimum atomic E-state index is 0.590. The molecule has 5 nitrogen and oxygen atoms in total. The van der Waals surface area contributed by atoms with Crippen molar-refractivity contribution in [3.8, 4) is 5.75 Å². The molecule has 3 aromatic rings. The molecule has 0 aliphatic carbocycles. The molecule has 0 N–H and O–H groups in total. The van der Waals surface area contributed by atoms with Crippen LogP contribution in [0.3, 0.4) is 0 Å². The van der Waals surface area contributed by atoms with Gasteiger partial charge in [-0.2, -0.15) is 22.7 Å². The van der Waals surface area contributed by atoms with Gasteiger partial charge in [0.2, 0.25) is 0 Å². The highest BCUT2D eigenvalue weighted by molar-refractivity contribution is 7.08. The van der Waals surface area contributed by atoms with Gasteiger partial charge >= 0.3 is 0 Å². The number of ether oxygens (including phenoxy) is 1. The Labute approximate surface area is 179 Å². The summed E-state index contributed by atoms with van der Waals surface area (Å²) in [5, 5.41) is 12.8. The minimum Gasteiger partial charge on any atom is -0.495 e. The number of piperazine rings is 1. The second-order valence-electron chi connectivity index (χ2n) is 6.80. The second-order valence-corrected chi connectivity index (χ2v) is 8.36. The van der Waals surface area contributed by atoms with E-state index in [4.69, 9.17) is 9.57 Å². The molecule has 3 heterocycles. The first kappa shape index (κ1) is 19.9. The van der Waals surface area contributed by atoms with Gasteiger partial charge in [0.05, 0.1) is 12.8 Å². The average Bonchev–Trinajstić information content (AvgIpc) is 3.49. The fraction of sp³-hybridized carbons (Fsp3) is 0.318. The van der Waals surface area contributed by atoms with E-state index in [-0.39, 0.29) is 0 Å². The van der Waals surface area contributed by atoms with Gasteiger partial charge in [0.1, 0.15) is 18.1 Å². The molecule has 0 spiro atoms. The summed E-state index contributed by atoms with van der Waals surface area (Å²) in [7, 11) is 1.73. The summed E-state index contributed by atoms with van der Waals surface area (Å²) in [6.45, 7) is 5.45.